The molecule has 0 unspecified atom stereocenters. The van der Waals surface area contributed by atoms with Crippen molar-refractivity contribution in [1.82, 2.24) is 9.55 Å². The zero-order valence-corrected chi connectivity index (χ0v) is 14.5. The van der Waals surface area contributed by atoms with Crippen molar-refractivity contribution in [3.8, 4) is 29.8 Å². The maximum Gasteiger partial charge on any atom is 0.459 e. The van der Waals surface area contributed by atoms with Crippen LogP contribution >= 0.6 is 11.6 Å². The van der Waals surface area contributed by atoms with E-state index in [4.69, 9.17) is 22.8 Å². The third-order valence-electron chi connectivity index (χ3n) is 3.30. The first kappa shape index (κ1) is 21.4. The fraction of sp³-hybridized carbons (Fsp3) is 0.250. The predicted octanol–water partition coefficient (Wildman–Crippen LogP) is 3.70. The lowest BCUT2D eigenvalue weighted by Gasteiger charge is -2.20. The quantitative estimate of drug-likeness (QED) is 0.540. The molecule has 0 aliphatic carbocycles. The molecule has 0 aliphatic rings. The van der Waals surface area contributed by atoms with Crippen LogP contribution in [0, 0.1) is 18.2 Å². The lowest BCUT2D eigenvalue weighted by molar-refractivity contribution is -0.291. The normalized spacial score (nSPS) is 11.8. The van der Waals surface area contributed by atoms with E-state index in [0.717, 1.165) is 19.2 Å². The van der Waals surface area contributed by atoms with Crippen molar-refractivity contribution >= 4 is 11.6 Å². The first-order valence-corrected chi connectivity index (χ1v) is 7.50. The van der Waals surface area contributed by atoms with Gasteiger partial charge in [0.25, 0.3) is 5.56 Å². The average molecular weight is 427 g/mol. The van der Waals surface area contributed by atoms with Crippen molar-refractivity contribution in [3.63, 3.8) is 0 Å². The van der Waals surface area contributed by atoms with Gasteiger partial charge in [-0.05, 0) is 6.07 Å². The highest BCUT2D eigenvalue weighted by Gasteiger charge is 2.60. The Morgan fingerprint density at radius 3 is 2.43 bits per heavy atom. The van der Waals surface area contributed by atoms with Gasteiger partial charge in [0.05, 0.1) is 17.8 Å². The van der Waals surface area contributed by atoms with Crippen molar-refractivity contribution in [1.29, 1.82) is 0 Å². The number of methoxy groups -OCH3 is 1. The number of alkyl halides is 5. The van der Waals surface area contributed by atoms with Gasteiger partial charge in [-0.15, -0.1) is 6.42 Å². The molecule has 0 fully saturated rings. The van der Waals surface area contributed by atoms with Gasteiger partial charge in [0.2, 0.25) is 0 Å². The molecule has 1 heterocycles. The first-order valence-electron chi connectivity index (χ1n) is 7.12. The summed E-state index contributed by atoms with van der Waals surface area (Å²) < 4.78 is 89.0. The topological polar surface area (TPSA) is 53.4 Å². The van der Waals surface area contributed by atoms with Crippen LogP contribution in [0.5, 0.6) is 11.8 Å². The van der Waals surface area contributed by atoms with Crippen LogP contribution in [0.15, 0.2) is 23.0 Å². The molecule has 2 aromatic rings. The molecule has 12 heteroatoms. The molecular weight excluding hydrogens is 418 g/mol. The van der Waals surface area contributed by atoms with Gasteiger partial charge >= 0.3 is 18.1 Å². The van der Waals surface area contributed by atoms with Crippen molar-refractivity contribution in [2.45, 2.75) is 12.1 Å². The third-order valence-corrected chi connectivity index (χ3v) is 3.60. The summed E-state index contributed by atoms with van der Waals surface area (Å²) in [6, 6.07) is 0.525. The molecule has 0 saturated heterocycles. The Morgan fingerprint density at radius 2 is 1.89 bits per heavy atom. The highest BCUT2D eigenvalue weighted by molar-refractivity contribution is 6.32. The number of rotatable bonds is 5. The van der Waals surface area contributed by atoms with Crippen molar-refractivity contribution in [3.05, 3.63) is 45.1 Å². The number of terminal acetylenes is 1. The number of aromatic nitrogens is 2. The Bertz CT molecular complexity index is 998. The maximum absolute atomic E-state index is 14.3. The number of ether oxygens (including phenoxy) is 2. The van der Waals surface area contributed by atoms with E-state index in [2.05, 4.69) is 15.6 Å². The summed E-state index contributed by atoms with van der Waals surface area (Å²) in [6.45, 7) is -0.272. The summed E-state index contributed by atoms with van der Waals surface area (Å²) in [6.07, 6.45) is -0.981. The number of halogens is 7. The average Bonchev–Trinajstić information content (AvgIpc) is 2.60. The second kappa shape index (κ2) is 7.63. The SMILES string of the molecule is C#CCOc1cc(-n2c(OC)nc(C(F)(F)C(F)(F)F)cc2=O)c(F)cc1Cl. The predicted molar refractivity (Wildman–Crippen MR) is 85.6 cm³/mol. The second-order valence-electron chi connectivity index (χ2n) is 5.10. The zero-order valence-electron chi connectivity index (χ0n) is 13.8. The standard InChI is InChI=1S/C16H9ClF6N2O3/c1-3-4-28-11-6-10(9(18)5-8(11)17)25-13(26)7-12(24-14(25)27-2)15(19,20)16(21,22)23/h1,5-7H,4H2,2H3. The number of hydrogen-bond acceptors (Lipinski definition) is 4. The fourth-order valence-electron chi connectivity index (χ4n) is 2.05. The second-order valence-corrected chi connectivity index (χ2v) is 5.51. The Hall–Kier alpha value is -2.87. The van der Waals surface area contributed by atoms with E-state index in [-0.39, 0.29) is 23.4 Å². The van der Waals surface area contributed by atoms with E-state index in [1.165, 1.54) is 0 Å². The Morgan fingerprint density at radius 1 is 1.25 bits per heavy atom. The summed E-state index contributed by atoms with van der Waals surface area (Å²) in [5, 5.41) is -0.225. The van der Waals surface area contributed by atoms with Crippen LogP contribution < -0.4 is 15.0 Å². The van der Waals surface area contributed by atoms with Gasteiger partial charge in [-0.2, -0.15) is 26.9 Å². The molecule has 0 amide bonds. The van der Waals surface area contributed by atoms with E-state index in [1.807, 2.05) is 0 Å². The molecular formula is C16H9ClF6N2O3. The minimum atomic E-state index is -6.01. The van der Waals surface area contributed by atoms with Gasteiger partial charge in [0.15, 0.2) is 0 Å². The van der Waals surface area contributed by atoms with Crippen molar-refractivity contribution < 1.29 is 35.8 Å². The molecule has 0 spiro atoms. The minimum Gasteiger partial charge on any atom is -0.479 e. The molecule has 0 radical (unpaired) electrons. The van der Waals surface area contributed by atoms with Crippen LogP contribution in [0.2, 0.25) is 5.02 Å². The molecule has 0 aliphatic heterocycles. The summed E-state index contributed by atoms with van der Waals surface area (Å²) >= 11 is 5.78. The van der Waals surface area contributed by atoms with Gasteiger partial charge < -0.3 is 9.47 Å². The lowest BCUT2D eigenvalue weighted by Crippen LogP contribution is -2.36. The van der Waals surface area contributed by atoms with Gasteiger partial charge in [0.1, 0.15) is 23.9 Å². The smallest absolute Gasteiger partial charge is 0.459 e. The molecule has 150 valence electrons. The van der Waals surface area contributed by atoms with Gasteiger partial charge in [-0.25, -0.2) is 8.96 Å². The number of benzene rings is 1. The van der Waals surface area contributed by atoms with E-state index in [0.29, 0.717) is 4.57 Å². The van der Waals surface area contributed by atoms with Gasteiger partial charge in [-0.1, -0.05) is 17.5 Å². The lowest BCUT2D eigenvalue weighted by atomic mass is 10.2. The summed E-state index contributed by atoms with van der Waals surface area (Å²) in [5.41, 5.74) is -3.99. The molecule has 1 aromatic heterocycles. The molecule has 28 heavy (non-hydrogen) atoms. The molecule has 0 bridgehead atoms. The Balaban J connectivity index is 2.72. The van der Waals surface area contributed by atoms with Crippen molar-refractivity contribution in [2.24, 2.45) is 0 Å². The Labute approximate surface area is 158 Å². The molecule has 2 rings (SSSR count). The first-order chi connectivity index (χ1) is 12.9. The van der Waals surface area contributed by atoms with E-state index in [9.17, 15) is 31.1 Å². The maximum atomic E-state index is 14.3. The van der Waals surface area contributed by atoms with Crippen LogP contribution in [0.25, 0.3) is 5.69 Å². The van der Waals surface area contributed by atoms with E-state index in [1.54, 1.807) is 0 Å². The number of hydrogen-bond donors (Lipinski definition) is 0. The molecule has 0 N–H and O–H groups in total. The number of nitrogens with zero attached hydrogens (tertiary/aromatic N) is 2. The van der Waals surface area contributed by atoms with Crippen LogP contribution in [0.4, 0.5) is 26.3 Å². The largest absolute Gasteiger partial charge is 0.479 e. The molecule has 0 atom stereocenters. The van der Waals surface area contributed by atoms with Gasteiger partial charge in [-0.3, -0.25) is 4.79 Å². The third kappa shape index (κ3) is 3.87. The van der Waals surface area contributed by atoms with Crippen LogP contribution in [0.3, 0.4) is 0 Å². The summed E-state index contributed by atoms with van der Waals surface area (Å²) in [4.78, 5) is 15.2. The minimum absolute atomic E-state index is 0.0774. The van der Waals surface area contributed by atoms with Crippen LogP contribution in [0.1, 0.15) is 5.69 Å². The fourth-order valence-corrected chi connectivity index (χ4v) is 2.25. The van der Waals surface area contributed by atoms with Crippen molar-refractivity contribution in [2.75, 3.05) is 13.7 Å². The Kier molecular flexibility index (Phi) is 5.84. The molecule has 5 nitrogen and oxygen atoms in total. The highest BCUT2D eigenvalue weighted by Crippen LogP contribution is 2.43. The van der Waals surface area contributed by atoms with Gasteiger partial charge in [0, 0.05) is 12.1 Å². The molecule has 0 saturated carbocycles. The monoisotopic (exact) mass is 426 g/mol. The molecule has 1 aromatic carbocycles. The van der Waals surface area contributed by atoms with Crippen LogP contribution in [-0.2, 0) is 5.92 Å². The van der Waals surface area contributed by atoms with E-state index < -0.39 is 40.9 Å². The summed E-state index contributed by atoms with van der Waals surface area (Å²) in [5.74, 6) is -4.61. The summed E-state index contributed by atoms with van der Waals surface area (Å²) in [7, 11) is 0.845. The van der Waals surface area contributed by atoms with E-state index >= 15 is 0 Å². The zero-order chi connectivity index (χ0) is 21.3. The van der Waals surface area contributed by atoms with Crippen LogP contribution in [-0.4, -0.2) is 29.4 Å². The highest BCUT2D eigenvalue weighted by atomic mass is 35.5.